The number of rotatable bonds is 7. The van der Waals surface area contributed by atoms with Gasteiger partial charge in [-0.05, 0) is 93.7 Å². The van der Waals surface area contributed by atoms with Crippen LogP contribution < -0.4 is 15.2 Å². The maximum atomic E-state index is 6.80. The first kappa shape index (κ1) is 24.9. The minimum absolute atomic E-state index is 0. The van der Waals surface area contributed by atoms with E-state index in [1.54, 1.807) is 0 Å². The highest BCUT2D eigenvalue weighted by molar-refractivity contribution is 5.85. The number of halogens is 1. The van der Waals surface area contributed by atoms with E-state index < -0.39 is 0 Å². The molecule has 0 aromatic heterocycles. The highest BCUT2D eigenvalue weighted by Gasteiger charge is 2.25. The van der Waals surface area contributed by atoms with E-state index in [1.807, 2.05) is 60.7 Å². The zero-order chi connectivity index (χ0) is 22.5. The molecule has 3 aromatic rings. The van der Waals surface area contributed by atoms with Gasteiger partial charge in [0.05, 0.1) is 0 Å². The zero-order valence-corrected chi connectivity index (χ0v) is 20.6. The lowest BCUT2D eigenvalue weighted by atomic mass is 9.85. The molecule has 3 unspecified atom stereocenters. The summed E-state index contributed by atoms with van der Waals surface area (Å²) in [6, 6.07) is 24.3. The summed E-state index contributed by atoms with van der Waals surface area (Å²) < 4.78 is 12.5. The molecule has 2 N–H and O–H groups in total. The van der Waals surface area contributed by atoms with Gasteiger partial charge in [-0.3, -0.25) is 0 Å². The van der Waals surface area contributed by atoms with Crippen molar-refractivity contribution in [2.75, 3.05) is 25.9 Å². The Labute approximate surface area is 204 Å². The maximum Gasteiger partial charge on any atom is 0.123 e. The van der Waals surface area contributed by atoms with E-state index in [9.17, 15) is 0 Å². The van der Waals surface area contributed by atoms with Crippen molar-refractivity contribution in [2.45, 2.75) is 44.8 Å². The van der Waals surface area contributed by atoms with Gasteiger partial charge >= 0.3 is 0 Å². The van der Waals surface area contributed by atoms with Crippen LogP contribution in [0.25, 0.3) is 0 Å². The summed E-state index contributed by atoms with van der Waals surface area (Å²) in [7, 11) is 2.19. The normalized spacial score (nSPS) is 18.1. The molecule has 4 rings (SSSR count). The Morgan fingerprint density at radius 1 is 0.879 bits per heavy atom. The third-order valence-corrected chi connectivity index (χ3v) is 6.35. The van der Waals surface area contributed by atoms with Crippen LogP contribution in [0.3, 0.4) is 0 Å². The van der Waals surface area contributed by atoms with Crippen LogP contribution in [-0.2, 0) is 0 Å². The van der Waals surface area contributed by atoms with E-state index in [2.05, 4.69) is 37.9 Å². The Balaban J connectivity index is 0.00000306. The van der Waals surface area contributed by atoms with Crippen molar-refractivity contribution >= 4 is 18.1 Å². The van der Waals surface area contributed by atoms with Crippen molar-refractivity contribution in [2.24, 2.45) is 0 Å². The smallest absolute Gasteiger partial charge is 0.123 e. The van der Waals surface area contributed by atoms with Crippen molar-refractivity contribution in [3.63, 3.8) is 0 Å². The summed E-state index contributed by atoms with van der Waals surface area (Å²) >= 11 is 0. The van der Waals surface area contributed by atoms with Crippen molar-refractivity contribution in [1.82, 2.24) is 4.90 Å². The predicted octanol–water partition coefficient (Wildman–Crippen LogP) is 6.78. The average Bonchev–Trinajstić information content (AvgIpc) is 2.80. The molecule has 33 heavy (non-hydrogen) atoms. The number of nitrogen functional groups attached to an aromatic ring is 1. The second kappa shape index (κ2) is 11.4. The molecule has 0 amide bonds. The summed E-state index contributed by atoms with van der Waals surface area (Å²) in [6.45, 7) is 6.34. The van der Waals surface area contributed by atoms with Crippen LogP contribution >= 0.6 is 12.4 Å². The molecule has 5 heteroatoms. The molecule has 1 heterocycles. The van der Waals surface area contributed by atoms with Gasteiger partial charge in [-0.2, -0.15) is 0 Å². The third-order valence-electron chi connectivity index (χ3n) is 6.35. The van der Waals surface area contributed by atoms with Gasteiger partial charge in [0.2, 0.25) is 0 Å². The summed E-state index contributed by atoms with van der Waals surface area (Å²) in [5.74, 6) is 2.13. The summed E-state index contributed by atoms with van der Waals surface area (Å²) in [4.78, 5) is 2.40. The Hall–Kier alpha value is -2.69. The predicted molar refractivity (Wildman–Crippen MR) is 139 cm³/mol. The highest BCUT2D eigenvalue weighted by atomic mass is 35.5. The van der Waals surface area contributed by atoms with E-state index in [0.29, 0.717) is 5.92 Å². The van der Waals surface area contributed by atoms with Gasteiger partial charge in [-0.1, -0.05) is 36.4 Å². The first-order valence-corrected chi connectivity index (χ1v) is 11.6. The van der Waals surface area contributed by atoms with Crippen LogP contribution in [0.5, 0.6) is 11.5 Å². The van der Waals surface area contributed by atoms with Gasteiger partial charge in [0.1, 0.15) is 23.7 Å². The number of likely N-dealkylation sites (tertiary alicyclic amines) is 1. The van der Waals surface area contributed by atoms with Gasteiger partial charge in [0, 0.05) is 17.8 Å². The maximum absolute atomic E-state index is 6.80. The first-order valence-electron chi connectivity index (χ1n) is 11.6. The number of para-hydroxylation sites is 2. The minimum Gasteiger partial charge on any atom is -0.486 e. The molecular formula is C28H35ClN2O2. The molecule has 0 saturated carbocycles. The van der Waals surface area contributed by atoms with Gasteiger partial charge in [-0.25, -0.2) is 0 Å². The fourth-order valence-corrected chi connectivity index (χ4v) is 4.59. The molecular weight excluding hydrogens is 432 g/mol. The van der Waals surface area contributed by atoms with E-state index in [0.717, 1.165) is 47.8 Å². The van der Waals surface area contributed by atoms with Crippen molar-refractivity contribution in [1.29, 1.82) is 0 Å². The lowest BCUT2D eigenvalue weighted by Crippen LogP contribution is -2.31. The van der Waals surface area contributed by atoms with Crippen LogP contribution in [0, 0.1) is 0 Å². The molecule has 0 aliphatic carbocycles. The fraction of sp³-hybridized carbons (Fsp3) is 0.357. The van der Waals surface area contributed by atoms with E-state index in [1.165, 1.54) is 12.0 Å². The van der Waals surface area contributed by atoms with Gasteiger partial charge in [0.15, 0.2) is 0 Å². The summed E-state index contributed by atoms with van der Waals surface area (Å²) in [6.07, 6.45) is 2.08. The van der Waals surface area contributed by atoms with Gasteiger partial charge < -0.3 is 20.1 Å². The second-order valence-electron chi connectivity index (χ2n) is 8.86. The topological polar surface area (TPSA) is 47.7 Å². The zero-order valence-electron chi connectivity index (χ0n) is 19.7. The Bertz CT molecular complexity index is 1010. The SMILES string of the molecule is CC(Oc1ccccc1)c1cc(C2CCCN(C)C2)c(N)c(C(C)Oc2ccccc2)c1.Cl. The number of hydrogen-bond donors (Lipinski definition) is 1. The second-order valence-corrected chi connectivity index (χ2v) is 8.86. The quantitative estimate of drug-likeness (QED) is 0.390. The molecule has 4 nitrogen and oxygen atoms in total. The Kier molecular flexibility index (Phi) is 8.65. The molecule has 0 bridgehead atoms. The first-order chi connectivity index (χ1) is 15.5. The average molecular weight is 467 g/mol. The lowest BCUT2D eigenvalue weighted by Gasteiger charge is -2.32. The minimum atomic E-state index is -0.165. The van der Waals surface area contributed by atoms with E-state index in [4.69, 9.17) is 15.2 Å². The van der Waals surface area contributed by atoms with Crippen LogP contribution in [0.2, 0.25) is 0 Å². The molecule has 1 fully saturated rings. The molecule has 0 spiro atoms. The van der Waals surface area contributed by atoms with Crippen molar-refractivity contribution in [3.05, 3.63) is 89.5 Å². The van der Waals surface area contributed by atoms with Crippen LogP contribution in [0.4, 0.5) is 5.69 Å². The van der Waals surface area contributed by atoms with Crippen LogP contribution in [0.1, 0.15) is 61.5 Å². The summed E-state index contributed by atoms with van der Waals surface area (Å²) in [5, 5.41) is 0. The molecule has 3 atom stereocenters. The number of nitrogens with two attached hydrogens (primary N) is 1. The number of benzene rings is 3. The Morgan fingerprint density at radius 2 is 1.45 bits per heavy atom. The molecule has 0 radical (unpaired) electrons. The molecule has 1 aliphatic heterocycles. The highest BCUT2D eigenvalue weighted by Crippen LogP contribution is 2.38. The van der Waals surface area contributed by atoms with E-state index >= 15 is 0 Å². The van der Waals surface area contributed by atoms with E-state index in [-0.39, 0.29) is 24.6 Å². The van der Waals surface area contributed by atoms with Gasteiger partial charge in [-0.15, -0.1) is 12.4 Å². The molecule has 1 aliphatic rings. The molecule has 3 aromatic carbocycles. The Morgan fingerprint density at radius 3 is 2.03 bits per heavy atom. The standard InChI is InChI=1S/C28H34N2O2.ClH/c1-20(31-24-12-6-4-7-13-24)23-17-26(21(2)32-25-14-8-5-9-15-25)28(29)27(18-23)22-11-10-16-30(3)19-22;/h4-9,12-15,17-18,20-22H,10-11,16,19,29H2,1-3H3;1H. The number of hydrogen-bond acceptors (Lipinski definition) is 4. The monoisotopic (exact) mass is 466 g/mol. The number of piperidine rings is 1. The van der Waals surface area contributed by atoms with Crippen LogP contribution in [-0.4, -0.2) is 25.0 Å². The molecule has 1 saturated heterocycles. The lowest BCUT2D eigenvalue weighted by molar-refractivity contribution is 0.219. The number of ether oxygens (including phenoxy) is 2. The fourth-order valence-electron chi connectivity index (χ4n) is 4.59. The van der Waals surface area contributed by atoms with Crippen LogP contribution in [0.15, 0.2) is 72.8 Å². The van der Waals surface area contributed by atoms with Crippen molar-refractivity contribution in [3.8, 4) is 11.5 Å². The molecule has 176 valence electrons. The van der Waals surface area contributed by atoms with Crippen molar-refractivity contribution < 1.29 is 9.47 Å². The number of nitrogens with zero attached hydrogens (tertiary/aromatic N) is 1. The number of anilines is 1. The largest absolute Gasteiger partial charge is 0.486 e. The number of likely N-dealkylation sites (N-methyl/N-ethyl adjacent to an activating group) is 1. The van der Waals surface area contributed by atoms with Gasteiger partial charge in [0.25, 0.3) is 0 Å². The summed E-state index contributed by atoms with van der Waals surface area (Å²) in [5.41, 5.74) is 11.0. The third kappa shape index (κ3) is 6.21.